The average molecular weight is 619 g/mol. The molecule has 42 heavy (non-hydrogen) atoms. The molecule has 0 bridgehead atoms. The fourth-order valence-corrected chi connectivity index (χ4v) is 14.2. The molecule has 0 aliphatic rings. The van der Waals surface area contributed by atoms with Crippen LogP contribution in [0.1, 0.15) is 187 Å². The van der Waals surface area contributed by atoms with E-state index in [9.17, 15) is 13.2 Å². The summed E-state index contributed by atoms with van der Waals surface area (Å²) < 4.78 is 43.6. The Kier molecular flexibility index (Phi) is 21.5. The van der Waals surface area contributed by atoms with Crippen molar-refractivity contribution in [2.24, 2.45) is 0 Å². The quantitative estimate of drug-likeness (QED) is 0.0645. The molecule has 250 valence electrons. The van der Waals surface area contributed by atoms with Crippen LogP contribution in [0.15, 0.2) is 12.3 Å². The molecular formula is C36H70F3N2P. The molecule has 0 amide bonds. The molecule has 0 spiro atoms. The van der Waals surface area contributed by atoms with Crippen LogP contribution in [-0.2, 0) is 6.18 Å². The number of alkyl halides is 3. The maximum atomic E-state index is 13.9. The van der Waals surface area contributed by atoms with Gasteiger partial charge < -0.3 is 0 Å². The molecule has 0 atom stereocenters. The van der Waals surface area contributed by atoms with Gasteiger partial charge in [0, 0.05) is 0 Å². The van der Waals surface area contributed by atoms with Gasteiger partial charge in [-0.2, -0.15) is 0 Å². The van der Waals surface area contributed by atoms with E-state index in [2.05, 4.69) is 32.8 Å². The zero-order valence-electron chi connectivity index (χ0n) is 28.4. The molecular weight excluding hydrogens is 548 g/mol. The summed E-state index contributed by atoms with van der Waals surface area (Å²) in [6.45, 7) is 6.26. The molecule has 6 heteroatoms. The SMILES string of the molecule is CCCCCCCCCCCCCCP(CCCCCC)(CCCCCC)(CCCCCC)n1ccc(C(F)(F)F)n1. The second-order valence-corrected chi connectivity index (χ2v) is 19.5. The Morgan fingerprint density at radius 1 is 0.500 bits per heavy atom. The molecule has 1 aromatic heterocycles. The van der Waals surface area contributed by atoms with E-state index in [1.54, 1.807) is 6.20 Å². The molecule has 0 aliphatic carbocycles. The van der Waals surface area contributed by atoms with Gasteiger partial charge in [0.15, 0.2) is 0 Å². The fourth-order valence-electron chi connectivity index (χ4n) is 7.05. The Hall–Kier alpha value is -0.570. The molecule has 1 aromatic rings. The number of unbranched alkanes of at least 4 members (excludes halogenated alkanes) is 20. The molecule has 2 nitrogen and oxygen atoms in total. The van der Waals surface area contributed by atoms with Gasteiger partial charge in [-0.25, -0.2) is 0 Å². The van der Waals surface area contributed by atoms with Gasteiger partial charge in [-0.15, -0.1) is 0 Å². The first-order valence-corrected chi connectivity index (χ1v) is 21.3. The first-order valence-electron chi connectivity index (χ1n) is 18.4. The Morgan fingerprint density at radius 3 is 1.07 bits per heavy atom. The van der Waals surface area contributed by atoms with Crippen LogP contribution in [0.3, 0.4) is 0 Å². The summed E-state index contributed by atoms with van der Waals surface area (Å²) in [5, 5.41) is 4.45. The van der Waals surface area contributed by atoms with E-state index in [4.69, 9.17) is 0 Å². The van der Waals surface area contributed by atoms with E-state index in [1.165, 1.54) is 134 Å². The number of halogens is 3. The number of nitrogens with zero attached hydrogens (tertiary/aromatic N) is 2. The summed E-state index contributed by atoms with van der Waals surface area (Å²) in [4.78, 5) is 0. The van der Waals surface area contributed by atoms with E-state index in [-0.39, 0.29) is 0 Å². The molecule has 0 unspecified atom stereocenters. The Labute approximate surface area is 259 Å². The maximum absolute atomic E-state index is 13.9. The second-order valence-electron chi connectivity index (χ2n) is 13.5. The topological polar surface area (TPSA) is 17.8 Å². The van der Waals surface area contributed by atoms with Crippen molar-refractivity contribution in [3.63, 3.8) is 0 Å². The molecule has 0 N–H and O–H groups in total. The van der Waals surface area contributed by atoms with Gasteiger partial charge in [0.2, 0.25) is 0 Å². The van der Waals surface area contributed by atoms with E-state index in [0.29, 0.717) is 0 Å². The van der Waals surface area contributed by atoms with Crippen LogP contribution in [0.25, 0.3) is 0 Å². The number of aromatic nitrogens is 2. The van der Waals surface area contributed by atoms with Crippen molar-refractivity contribution in [1.29, 1.82) is 0 Å². The average Bonchev–Trinajstić information content (AvgIpc) is 3.49. The summed E-state index contributed by atoms with van der Waals surface area (Å²) in [6, 6.07) is 1.27. The van der Waals surface area contributed by atoms with Crippen LogP contribution in [0.2, 0.25) is 0 Å². The number of rotatable bonds is 29. The van der Waals surface area contributed by atoms with Crippen molar-refractivity contribution in [2.75, 3.05) is 24.6 Å². The molecule has 0 aliphatic heterocycles. The van der Waals surface area contributed by atoms with Gasteiger partial charge in [0.25, 0.3) is 0 Å². The zero-order valence-corrected chi connectivity index (χ0v) is 29.3. The third-order valence-corrected chi connectivity index (χ3v) is 17.0. The Balaban J connectivity index is 3.10. The summed E-state index contributed by atoms with van der Waals surface area (Å²) >= 11 is 0. The first-order chi connectivity index (χ1) is 20.3. The van der Waals surface area contributed by atoms with Crippen LogP contribution >= 0.6 is 6.75 Å². The molecule has 1 heterocycles. The standard InChI is InChI=1S/C36H70F3N2P/c1-5-9-13-17-18-19-20-21-22-23-24-28-34-42(31-25-14-10-6-2,32-26-15-11-7-3,33-27-16-12-8-4)41-30-29-35(40-41)36(37,38)39/h29-30H,5-28,31-34H2,1-4H3. The van der Waals surface area contributed by atoms with Gasteiger partial charge >= 0.3 is 247 Å². The molecule has 1 rings (SSSR count). The van der Waals surface area contributed by atoms with E-state index in [1.807, 2.05) is 4.45 Å². The van der Waals surface area contributed by atoms with Crippen molar-refractivity contribution in [2.45, 2.75) is 188 Å². The molecule has 0 saturated carbocycles. The van der Waals surface area contributed by atoms with Gasteiger partial charge in [-0.05, 0) is 0 Å². The van der Waals surface area contributed by atoms with Crippen LogP contribution < -0.4 is 0 Å². The zero-order chi connectivity index (χ0) is 31.0. The van der Waals surface area contributed by atoms with Crippen LogP contribution in [0, 0.1) is 0 Å². The normalized spacial score (nSPS) is 13.5. The summed E-state index contributed by atoms with van der Waals surface area (Å²) in [7, 11) is 0. The first kappa shape index (κ1) is 39.5. The van der Waals surface area contributed by atoms with Gasteiger partial charge in [0.05, 0.1) is 0 Å². The van der Waals surface area contributed by atoms with E-state index in [0.717, 1.165) is 50.3 Å². The molecule has 0 radical (unpaired) electrons. The summed E-state index contributed by atoms with van der Waals surface area (Å²) in [6.07, 6.45) is 31.7. The molecule has 0 fully saturated rings. The Bertz CT molecular complexity index is 727. The summed E-state index contributed by atoms with van der Waals surface area (Å²) in [5.41, 5.74) is -0.693. The van der Waals surface area contributed by atoms with E-state index < -0.39 is 18.6 Å². The summed E-state index contributed by atoms with van der Waals surface area (Å²) in [5.74, 6) is 0. The van der Waals surface area contributed by atoms with Crippen molar-refractivity contribution < 1.29 is 13.2 Å². The molecule has 0 saturated heterocycles. The molecule has 0 aromatic carbocycles. The number of hydrogen-bond acceptors (Lipinski definition) is 1. The predicted molar refractivity (Wildman–Crippen MR) is 183 cm³/mol. The van der Waals surface area contributed by atoms with Crippen molar-refractivity contribution >= 4 is 6.75 Å². The third-order valence-electron chi connectivity index (χ3n) is 9.79. The predicted octanol–water partition coefficient (Wildman–Crippen LogP) is 13.7. The van der Waals surface area contributed by atoms with E-state index >= 15 is 0 Å². The van der Waals surface area contributed by atoms with Crippen molar-refractivity contribution in [3.05, 3.63) is 18.0 Å². The van der Waals surface area contributed by atoms with Crippen molar-refractivity contribution in [1.82, 2.24) is 9.55 Å². The second kappa shape index (κ2) is 22.9. The van der Waals surface area contributed by atoms with Gasteiger partial charge in [-0.3, -0.25) is 0 Å². The van der Waals surface area contributed by atoms with Crippen LogP contribution in [-0.4, -0.2) is 34.2 Å². The van der Waals surface area contributed by atoms with Gasteiger partial charge in [-0.1, -0.05) is 13.3 Å². The van der Waals surface area contributed by atoms with Crippen molar-refractivity contribution in [3.8, 4) is 0 Å². The van der Waals surface area contributed by atoms with Gasteiger partial charge in [0.1, 0.15) is 0 Å². The monoisotopic (exact) mass is 619 g/mol. The number of hydrogen-bond donors (Lipinski definition) is 0. The Morgan fingerprint density at radius 2 is 0.786 bits per heavy atom. The third kappa shape index (κ3) is 14.9. The minimum atomic E-state index is -4.38. The van der Waals surface area contributed by atoms with Crippen LogP contribution in [0.5, 0.6) is 0 Å². The fraction of sp³-hybridized carbons (Fsp3) is 0.917. The van der Waals surface area contributed by atoms with Crippen LogP contribution in [0.4, 0.5) is 13.2 Å². The minimum absolute atomic E-state index is 0.693.